The Balaban J connectivity index is 0.00000225. The lowest BCUT2D eigenvalue weighted by Gasteiger charge is -2.15. The van der Waals surface area contributed by atoms with Crippen molar-refractivity contribution in [3.63, 3.8) is 0 Å². The van der Waals surface area contributed by atoms with Crippen molar-refractivity contribution in [3.05, 3.63) is 29.8 Å². The highest BCUT2D eigenvalue weighted by atomic mass is 35.5. The van der Waals surface area contributed by atoms with Crippen molar-refractivity contribution in [1.29, 1.82) is 0 Å². The highest BCUT2D eigenvalue weighted by Crippen LogP contribution is 2.37. The van der Waals surface area contributed by atoms with Gasteiger partial charge in [0.1, 0.15) is 17.2 Å². The van der Waals surface area contributed by atoms with E-state index in [9.17, 15) is 10.2 Å². The third kappa shape index (κ3) is 3.32. The van der Waals surface area contributed by atoms with Crippen LogP contribution in [0.3, 0.4) is 0 Å². The van der Waals surface area contributed by atoms with Gasteiger partial charge in [-0.3, -0.25) is 0 Å². The number of hydrogen-bond donors (Lipinski definition) is 4. The Hall–Kier alpha value is -1.39. The lowest BCUT2D eigenvalue weighted by Crippen LogP contribution is -2.10. The largest absolute Gasteiger partial charge is 0.508 e. The minimum Gasteiger partial charge on any atom is -0.508 e. The summed E-state index contributed by atoms with van der Waals surface area (Å²) >= 11 is 0. The molecule has 0 aliphatic heterocycles. The van der Waals surface area contributed by atoms with Crippen LogP contribution < -0.4 is 5.73 Å². The van der Waals surface area contributed by atoms with Crippen LogP contribution in [0.5, 0.6) is 17.2 Å². The van der Waals surface area contributed by atoms with Crippen LogP contribution in [-0.4, -0.2) is 15.3 Å². The maximum atomic E-state index is 9.53. The van der Waals surface area contributed by atoms with E-state index >= 15 is 0 Å². The fraction of sp³-hybridized carbons (Fsp3) is 0.273. The first-order valence-electron chi connectivity index (χ1n) is 4.56. The molecule has 0 aliphatic carbocycles. The summed E-state index contributed by atoms with van der Waals surface area (Å²) in [4.78, 5) is 0. The van der Waals surface area contributed by atoms with Gasteiger partial charge in [0.2, 0.25) is 0 Å². The Morgan fingerprint density at radius 1 is 1.31 bits per heavy atom. The SMILES string of the molecule is C=C(C)C[C@@H](N)c1c(O)cc(O)cc1O.Cl. The number of rotatable bonds is 3. The maximum absolute atomic E-state index is 9.53. The van der Waals surface area contributed by atoms with Gasteiger partial charge in [-0.25, -0.2) is 0 Å². The van der Waals surface area contributed by atoms with E-state index in [1.807, 2.05) is 6.92 Å². The van der Waals surface area contributed by atoms with Gasteiger partial charge >= 0.3 is 0 Å². The molecule has 0 aromatic heterocycles. The van der Waals surface area contributed by atoms with Gasteiger partial charge in [-0.2, -0.15) is 0 Å². The molecule has 1 atom stereocenters. The first-order chi connectivity index (χ1) is 6.91. The predicted octanol–water partition coefficient (Wildman–Crippen LogP) is 2.19. The summed E-state index contributed by atoms with van der Waals surface area (Å²) in [5, 5.41) is 28.2. The van der Waals surface area contributed by atoms with Gasteiger partial charge in [-0.05, 0) is 13.3 Å². The van der Waals surface area contributed by atoms with Crippen molar-refractivity contribution in [3.8, 4) is 17.2 Å². The van der Waals surface area contributed by atoms with Crippen molar-refractivity contribution >= 4 is 12.4 Å². The van der Waals surface area contributed by atoms with E-state index in [1.165, 1.54) is 0 Å². The Morgan fingerprint density at radius 3 is 2.12 bits per heavy atom. The standard InChI is InChI=1S/C11H15NO3.ClH/c1-6(2)3-8(12)11-9(14)4-7(13)5-10(11)15;/h4-5,8,13-15H,1,3,12H2,2H3;1H/t8-;/m1./s1. The van der Waals surface area contributed by atoms with Crippen LogP contribution >= 0.6 is 12.4 Å². The third-order valence-corrected chi connectivity index (χ3v) is 2.06. The zero-order valence-corrected chi connectivity index (χ0v) is 9.79. The number of nitrogens with two attached hydrogens (primary N) is 1. The summed E-state index contributed by atoms with van der Waals surface area (Å²) in [5.41, 5.74) is 6.87. The van der Waals surface area contributed by atoms with Crippen LogP contribution in [-0.2, 0) is 0 Å². The molecule has 1 aromatic carbocycles. The molecular formula is C11H16ClNO3. The molecule has 90 valence electrons. The van der Waals surface area contributed by atoms with E-state index in [-0.39, 0.29) is 35.2 Å². The summed E-state index contributed by atoms with van der Waals surface area (Å²) in [6.45, 7) is 5.52. The maximum Gasteiger partial charge on any atom is 0.127 e. The van der Waals surface area contributed by atoms with E-state index in [2.05, 4.69) is 6.58 Å². The number of aromatic hydroxyl groups is 3. The molecule has 1 rings (SSSR count). The second kappa shape index (κ2) is 5.63. The number of phenolic OH excluding ortho intramolecular Hbond substituents is 3. The van der Waals surface area contributed by atoms with Crippen LogP contribution in [0.1, 0.15) is 24.9 Å². The fourth-order valence-corrected chi connectivity index (χ4v) is 1.47. The van der Waals surface area contributed by atoms with Crippen LogP contribution in [0.2, 0.25) is 0 Å². The molecule has 1 aromatic rings. The van der Waals surface area contributed by atoms with Crippen molar-refractivity contribution < 1.29 is 15.3 Å². The van der Waals surface area contributed by atoms with E-state index in [1.54, 1.807) is 0 Å². The van der Waals surface area contributed by atoms with Crippen molar-refractivity contribution in [2.45, 2.75) is 19.4 Å². The van der Waals surface area contributed by atoms with Gasteiger partial charge in [0.15, 0.2) is 0 Å². The smallest absolute Gasteiger partial charge is 0.127 e. The molecule has 0 fully saturated rings. The first kappa shape index (κ1) is 14.6. The van der Waals surface area contributed by atoms with Gasteiger partial charge in [-0.1, -0.05) is 5.57 Å². The Kier molecular flexibility index (Phi) is 5.14. The minimum absolute atomic E-state index is 0. The average molecular weight is 246 g/mol. The summed E-state index contributed by atoms with van der Waals surface area (Å²) in [5.74, 6) is -0.612. The molecule has 0 aliphatic rings. The fourth-order valence-electron chi connectivity index (χ4n) is 1.47. The van der Waals surface area contributed by atoms with Crippen LogP contribution in [0, 0.1) is 0 Å². The molecule has 16 heavy (non-hydrogen) atoms. The molecular weight excluding hydrogens is 230 g/mol. The third-order valence-electron chi connectivity index (χ3n) is 2.06. The number of phenols is 3. The Labute approximate surface area is 100 Å². The lowest BCUT2D eigenvalue weighted by atomic mass is 9.99. The molecule has 0 bridgehead atoms. The van der Waals surface area contributed by atoms with E-state index < -0.39 is 6.04 Å². The predicted molar refractivity (Wildman–Crippen MR) is 65.0 cm³/mol. The van der Waals surface area contributed by atoms with E-state index in [0.717, 1.165) is 17.7 Å². The molecule has 0 amide bonds. The van der Waals surface area contributed by atoms with Crippen molar-refractivity contribution in [1.82, 2.24) is 0 Å². The zero-order valence-electron chi connectivity index (χ0n) is 8.97. The molecule has 5 heteroatoms. The first-order valence-corrected chi connectivity index (χ1v) is 4.56. The molecule has 0 spiro atoms. The van der Waals surface area contributed by atoms with Gasteiger partial charge < -0.3 is 21.1 Å². The second-order valence-electron chi connectivity index (χ2n) is 3.67. The number of halogens is 1. The van der Waals surface area contributed by atoms with Gasteiger partial charge in [0.25, 0.3) is 0 Å². The van der Waals surface area contributed by atoms with Crippen molar-refractivity contribution in [2.24, 2.45) is 5.73 Å². The quantitative estimate of drug-likeness (QED) is 0.615. The average Bonchev–Trinajstić information content (AvgIpc) is 1.99. The van der Waals surface area contributed by atoms with Crippen LogP contribution in [0.4, 0.5) is 0 Å². The molecule has 5 N–H and O–H groups in total. The molecule has 0 heterocycles. The Bertz CT molecular complexity index is 370. The van der Waals surface area contributed by atoms with Crippen molar-refractivity contribution in [2.75, 3.05) is 0 Å². The van der Waals surface area contributed by atoms with E-state index in [0.29, 0.717) is 6.42 Å². The summed E-state index contributed by atoms with van der Waals surface area (Å²) < 4.78 is 0. The summed E-state index contributed by atoms with van der Waals surface area (Å²) in [7, 11) is 0. The monoisotopic (exact) mass is 245 g/mol. The van der Waals surface area contributed by atoms with Gasteiger partial charge in [0.05, 0.1) is 5.56 Å². The molecule has 0 saturated heterocycles. The van der Waals surface area contributed by atoms with Gasteiger partial charge in [0, 0.05) is 18.2 Å². The van der Waals surface area contributed by atoms with Gasteiger partial charge in [-0.15, -0.1) is 19.0 Å². The summed E-state index contributed by atoms with van der Waals surface area (Å²) in [6.07, 6.45) is 0.464. The minimum atomic E-state index is -0.525. The van der Waals surface area contributed by atoms with Crippen LogP contribution in [0.25, 0.3) is 0 Å². The highest BCUT2D eigenvalue weighted by molar-refractivity contribution is 5.85. The highest BCUT2D eigenvalue weighted by Gasteiger charge is 2.16. The summed E-state index contributed by atoms with van der Waals surface area (Å²) in [6, 6.07) is 1.77. The topological polar surface area (TPSA) is 86.7 Å². The lowest BCUT2D eigenvalue weighted by molar-refractivity contribution is 0.411. The number of hydrogen-bond acceptors (Lipinski definition) is 4. The molecule has 0 saturated carbocycles. The second-order valence-corrected chi connectivity index (χ2v) is 3.67. The Morgan fingerprint density at radius 2 is 1.75 bits per heavy atom. The van der Waals surface area contributed by atoms with Crippen LogP contribution in [0.15, 0.2) is 24.3 Å². The molecule has 0 radical (unpaired) electrons. The number of benzene rings is 1. The normalized spacial score (nSPS) is 11.6. The molecule has 0 unspecified atom stereocenters. The van der Waals surface area contributed by atoms with E-state index in [4.69, 9.17) is 10.8 Å². The molecule has 4 nitrogen and oxygen atoms in total. The zero-order chi connectivity index (χ0) is 11.6.